The van der Waals surface area contributed by atoms with E-state index in [0.29, 0.717) is 0 Å². The number of benzene rings is 1. The maximum Gasteiger partial charge on any atom is 0.316 e. The van der Waals surface area contributed by atoms with Crippen LogP contribution in [0.1, 0.15) is 5.56 Å². The molecule has 0 atom stereocenters. The van der Waals surface area contributed by atoms with Crippen molar-refractivity contribution in [2.75, 3.05) is 38.5 Å². The van der Waals surface area contributed by atoms with Gasteiger partial charge in [-0.3, -0.25) is 4.90 Å². The summed E-state index contributed by atoms with van der Waals surface area (Å²) in [6, 6.07) is 7.31. The molecule has 5 heteroatoms. The number of likely N-dealkylation sites (N-methyl/N-ethyl adjacent to an activating group) is 1. The summed E-state index contributed by atoms with van der Waals surface area (Å²) in [5.74, 6) is 0. The third-order valence-corrected chi connectivity index (χ3v) is 3.22. The van der Waals surface area contributed by atoms with Crippen LogP contribution in [0.4, 0.5) is 10.5 Å². The number of carbonyl (C=O) groups excluding carboxylic acids is 1. The number of piperazine rings is 1. The van der Waals surface area contributed by atoms with Crippen LogP contribution in [0.2, 0.25) is 0 Å². The lowest BCUT2D eigenvalue weighted by molar-refractivity contribution is 0.148. The number of hydrogen-bond acceptors (Lipinski definition) is 3. The number of primary amides is 1. The number of urea groups is 1. The highest BCUT2D eigenvalue weighted by atomic mass is 16.2. The Kier molecular flexibility index (Phi) is 4.17. The minimum atomic E-state index is -0.526. The monoisotopic (exact) mass is 248 g/mol. The Labute approximate surface area is 108 Å². The van der Waals surface area contributed by atoms with E-state index in [4.69, 9.17) is 5.73 Å². The van der Waals surface area contributed by atoms with Crippen LogP contribution in [0.25, 0.3) is 0 Å². The first-order valence-electron chi connectivity index (χ1n) is 6.20. The van der Waals surface area contributed by atoms with Gasteiger partial charge in [-0.15, -0.1) is 0 Å². The average molecular weight is 248 g/mol. The maximum atomic E-state index is 10.7. The van der Waals surface area contributed by atoms with E-state index in [1.165, 1.54) is 5.56 Å². The van der Waals surface area contributed by atoms with Gasteiger partial charge in [0.2, 0.25) is 0 Å². The Morgan fingerprint density at radius 2 is 1.83 bits per heavy atom. The number of carbonyl (C=O) groups is 1. The maximum absolute atomic E-state index is 10.7. The smallest absolute Gasteiger partial charge is 0.316 e. The number of nitrogens with zero attached hydrogens (tertiary/aromatic N) is 2. The second kappa shape index (κ2) is 5.84. The first kappa shape index (κ1) is 12.9. The van der Waals surface area contributed by atoms with Crippen molar-refractivity contribution in [2.24, 2.45) is 5.73 Å². The molecule has 1 aliphatic heterocycles. The topological polar surface area (TPSA) is 61.6 Å². The minimum Gasteiger partial charge on any atom is -0.351 e. The molecule has 1 aromatic rings. The number of rotatable bonds is 3. The van der Waals surface area contributed by atoms with Gasteiger partial charge in [0.1, 0.15) is 0 Å². The third kappa shape index (κ3) is 3.72. The van der Waals surface area contributed by atoms with Crippen LogP contribution < -0.4 is 11.1 Å². The molecule has 2 amide bonds. The van der Waals surface area contributed by atoms with Gasteiger partial charge in [-0.25, -0.2) is 4.79 Å². The Bertz CT molecular complexity index is 396. The van der Waals surface area contributed by atoms with E-state index in [2.05, 4.69) is 22.2 Å². The number of nitrogens with two attached hydrogens (primary N) is 1. The molecule has 1 heterocycles. The predicted molar refractivity (Wildman–Crippen MR) is 72.4 cm³/mol. The van der Waals surface area contributed by atoms with Crippen molar-refractivity contribution in [3.05, 3.63) is 29.8 Å². The van der Waals surface area contributed by atoms with Crippen molar-refractivity contribution >= 4 is 11.7 Å². The standard InChI is InChI=1S/C13H20N4O/c1-16-6-8-17(9-7-16)10-11-2-4-12(5-3-11)15-13(14)18/h2-5H,6-10H2,1H3,(H3,14,15,18). The average Bonchev–Trinajstić information content (AvgIpc) is 2.34. The van der Waals surface area contributed by atoms with E-state index < -0.39 is 6.03 Å². The molecule has 98 valence electrons. The summed E-state index contributed by atoms with van der Waals surface area (Å²) >= 11 is 0. The summed E-state index contributed by atoms with van der Waals surface area (Å²) in [6.07, 6.45) is 0. The van der Waals surface area contributed by atoms with Crippen LogP contribution in [0.5, 0.6) is 0 Å². The molecule has 0 unspecified atom stereocenters. The van der Waals surface area contributed by atoms with Gasteiger partial charge in [0.05, 0.1) is 0 Å². The van der Waals surface area contributed by atoms with Crippen LogP contribution in [0.15, 0.2) is 24.3 Å². The zero-order valence-corrected chi connectivity index (χ0v) is 10.7. The second-order valence-corrected chi connectivity index (χ2v) is 4.77. The summed E-state index contributed by atoms with van der Waals surface area (Å²) in [4.78, 5) is 15.5. The van der Waals surface area contributed by atoms with Gasteiger partial charge in [0.25, 0.3) is 0 Å². The van der Waals surface area contributed by atoms with Crippen molar-refractivity contribution < 1.29 is 4.79 Å². The third-order valence-electron chi connectivity index (χ3n) is 3.22. The molecule has 5 nitrogen and oxygen atoms in total. The lowest BCUT2D eigenvalue weighted by atomic mass is 10.2. The highest BCUT2D eigenvalue weighted by molar-refractivity contribution is 5.87. The van der Waals surface area contributed by atoms with Crippen molar-refractivity contribution in [3.63, 3.8) is 0 Å². The van der Waals surface area contributed by atoms with E-state index in [9.17, 15) is 4.79 Å². The lowest BCUT2D eigenvalue weighted by Crippen LogP contribution is -2.43. The number of hydrogen-bond donors (Lipinski definition) is 2. The van der Waals surface area contributed by atoms with E-state index >= 15 is 0 Å². The number of nitrogens with one attached hydrogen (secondary N) is 1. The van der Waals surface area contributed by atoms with Crippen molar-refractivity contribution in [1.82, 2.24) is 9.80 Å². The van der Waals surface area contributed by atoms with E-state index in [0.717, 1.165) is 38.4 Å². The van der Waals surface area contributed by atoms with E-state index in [1.807, 2.05) is 24.3 Å². The molecule has 3 N–H and O–H groups in total. The van der Waals surface area contributed by atoms with Crippen LogP contribution in [0, 0.1) is 0 Å². The summed E-state index contributed by atoms with van der Waals surface area (Å²) in [5, 5.41) is 2.56. The quantitative estimate of drug-likeness (QED) is 0.836. The van der Waals surface area contributed by atoms with Crippen LogP contribution in [-0.4, -0.2) is 49.1 Å². The zero-order chi connectivity index (χ0) is 13.0. The normalized spacial score (nSPS) is 17.6. The molecule has 18 heavy (non-hydrogen) atoms. The van der Waals surface area contributed by atoms with Crippen molar-refractivity contribution in [3.8, 4) is 0 Å². The number of amides is 2. The van der Waals surface area contributed by atoms with Gasteiger partial charge in [-0.05, 0) is 24.7 Å². The van der Waals surface area contributed by atoms with Gasteiger partial charge in [-0.1, -0.05) is 12.1 Å². The van der Waals surface area contributed by atoms with Crippen molar-refractivity contribution in [2.45, 2.75) is 6.54 Å². The summed E-state index contributed by atoms with van der Waals surface area (Å²) in [7, 11) is 2.15. The largest absolute Gasteiger partial charge is 0.351 e. The molecule has 0 aliphatic carbocycles. The van der Waals surface area contributed by atoms with Crippen LogP contribution >= 0.6 is 0 Å². The Hall–Kier alpha value is -1.59. The van der Waals surface area contributed by atoms with Gasteiger partial charge >= 0.3 is 6.03 Å². The molecule has 0 spiro atoms. The molecule has 0 saturated carbocycles. The molecule has 0 radical (unpaired) electrons. The van der Waals surface area contributed by atoms with Gasteiger partial charge in [0.15, 0.2) is 0 Å². The number of anilines is 1. The summed E-state index contributed by atoms with van der Waals surface area (Å²) in [5.41, 5.74) is 7.06. The fourth-order valence-corrected chi connectivity index (χ4v) is 2.10. The first-order valence-corrected chi connectivity index (χ1v) is 6.20. The molecule has 1 aliphatic rings. The van der Waals surface area contributed by atoms with Gasteiger partial charge < -0.3 is 16.0 Å². The summed E-state index contributed by atoms with van der Waals surface area (Å²) < 4.78 is 0. The zero-order valence-electron chi connectivity index (χ0n) is 10.7. The predicted octanol–water partition coefficient (Wildman–Crippen LogP) is 0.925. The van der Waals surface area contributed by atoms with Crippen LogP contribution in [0.3, 0.4) is 0 Å². The lowest BCUT2D eigenvalue weighted by Gasteiger charge is -2.32. The molecule has 2 rings (SSSR count). The van der Waals surface area contributed by atoms with Gasteiger partial charge in [-0.2, -0.15) is 0 Å². The van der Waals surface area contributed by atoms with E-state index in [1.54, 1.807) is 0 Å². The fraction of sp³-hybridized carbons (Fsp3) is 0.462. The molecule has 1 saturated heterocycles. The SMILES string of the molecule is CN1CCN(Cc2ccc(NC(N)=O)cc2)CC1. The molecule has 1 aromatic carbocycles. The van der Waals surface area contributed by atoms with E-state index in [-0.39, 0.29) is 0 Å². The van der Waals surface area contributed by atoms with Crippen LogP contribution in [-0.2, 0) is 6.54 Å². The molecular weight excluding hydrogens is 228 g/mol. The van der Waals surface area contributed by atoms with Gasteiger partial charge in [0, 0.05) is 38.4 Å². The fourth-order valence-electron chi connectivity index (χ4n) is 2.10. The minimum absolute atomic E-state index is 0.526. The Morgan fingerprint density at radius 1 is 1.22 bits per heavy atom. The molecule has 0 aromatic heterocycles. The Balaban J connectivity index is 1.88. The molecular formula is C13H20N4O. The summed E-state index contributed by atoms with van der Waals surface area (Å²) in [6.45, 7) is 5.43. The van der Waals surface area contributed by atoms with Crippen molar-refractivity contribution in [1.29, 1.82) is 0 Å². The highest BCUT2D eigenvalue weighted by Crippen LogP contribution is 2.12. The molecule has 0 bridgehead atoms. The second-order valence-electron chi connectivity index (χ2n) is 4.77. The Morgan fingerprint density at radius 3 is 2.39 bits per heavy atom. The molecule has 1 fully saturated rings. The highest BCUT2D eigenvalue weighted by Gasteiger charge is 2.13. The first-order chi connectivity index (χ1) is 8.63.